The van der Waals surface area contributed by atoms with Gasteiger partial charge in [-0.2, -0.15) is 5.10 Å². The normalized spacial score (nSPS) is 14.4. The molecule has 0 saturated carbocycles. The van der Waals surface area contributed by atoms with Crippen molar-refractivity contribution in [3.05, 3.63) is 96.0 Å². The Kier molecular flexibility index (Phi) is 5.24. The van der Waals surface area contributed by atoms with Gasteiger partial charge < -0.3 is 0 Å². The average Bonchev–Trinajstić information content (AvgIpc) is 3.29. The van der Waals surface area contributed by atoms with Gasteiger partial charge in [0.25, 0.3) is 5.69 Å². The van der Waals surface area contributed by atoms with Crippen LogP contribution in [0, 0.1) is 10.1 Å². The van der Waals surface area contributed by atoms with Gasteiger partial charge in [0.15, 0.2) is 0 Å². The first kappa shape index (κ1) is 19.0. The largest absolute Gasteiger partial charge is 0.308 e. The molecule has 9 heteroatoms. The van der Waals surface area contributed by atoms with Crippen molar-refractivity contribution < 1.29 is 4.92 Å². The fourth-order valence-corrected chi connectivity index (χ4v) is 4.19. The topological polar surface area (TPSA) is 89.9 Å². The van der Waals surface area contributed by atoms with Gasteiger partial charge >= 0.3 is 4.87 Å². The van der Waals surface area contributed by atoms with Crippen LogP contribution in [0.5, 0.6) is 0 Å². The van der Waals surface area contributed by atoms with Gasteiger partial charge in [0.05, 0.1) is 27.6 Å². The lowest BCUT2D eigenvalue weighted by molar-refractivity contribution is -0.384. The number of aromatic nitrogens is 1. The summed E-state index contributed by atoms with van der Waals surface area (Å²) in [6.07, 6.45) is 3.34. The van der Waals surface area contributed by atoms with Crippen LogP contribution in [0.1, 0.15) is 16.0 Å². The molecule has 29 heavy (non-hydrogen) atoms. The van der Waals surface area contributed by atoms with E-state index < -0.39 is 4.92 Å². The molecule has 0 N–H and O–H groups in total. The Balaban J connectivity index is 1.68. The minimum absolute atomic E-state index is 0.0231. The van der Waals surface area contributed by atoms with Gasteiger partial charge in [-0.25, -0.2) is 0 Å². The highest BCUT2D eigenvalue weighted by Gasteiger charge is 2.18. The maximum absolute atomic E-state index is 12.5. The second-order valence-electron chi connectivity index (χ2n) is 6.23. The van der Waals surface area contributed by atoms with Gasteiger partial charge in [-0.1, -0.05) is 53.8 Å². The number of rotatable bonds is 5. The summed E-state index contributed by atoms with van der Waals surface area (Å²) in [4.78, 5) is 23.6. The third kappa shape index (κ3) is 3.96. The van der Waals surface area contributed by atoms with Crippen molar-refractivity contribution in [1.82, 2.24) is 4.57 Å². The standard InChI is InChI=1S/C20H14N4O3S2/c25-20-23(12-13-5-2-1-3-6-13)19(28)17(29-20)10-15-11-21-22-18(15)14-7-4-8-16(9-14)24(26)27/h1-11,28H,12H2/b15-10+. The Morgan fingerprint density at radius 1 is 1.17 bits per heavy atom. The van der Waals surface area contributed by atoms with E-state index in [1.165, 1.54) is 12.1 Å². The van der Waals surface area contributed by atoms with Crippen LogP contribution in [0.15, 0.2) is 80.2 Å². The van der Waals surface area contributed by atoms with E-state index in [0.29, 0.717) is 33.3 Å². The number of benzene rings is 2. The number of nitrogens with zero attached hydrogens (tertiary/aromatic N) is 4. The molecule has 7 nitrogen and oxygen atoms in total. The zero-order valence-corrected chi connectivity index (χ0v) is 16.6. The maximum atomic E-state index is 12.5. The van der Waals surface area contributed by atoms with Gasteiger partial charge in [-0.3, -0.25) is 19.5 Å². The molecule has 0 amide bonds. The number of thiol groups is 1. The van der Waals surface area contributed by atoms with E-state index in [2.05, 4.69) is 22.8 Å². The highest BCUT2D eigenvalue weighted by atomic mass is 32.1. The molecular formula is C20H14N4O3S2. The number of allylic oxidation sites excluding steroid dienone is 1. The highest BCUT2D eigenvalue weighted by molar-refractivity contribution is 7.80. The van der Waals surface area contributed by atoms with Crippen molar-refractivity contribution in [2.45, 2.75) is 11.6 Å². The summed E-state index contributed by atoms with van der Waals surface area (Å²) < 4.78 is 1.60. The second kappa shape index (κ2) is 7.98. The lowest BCUT2D eigenvalue weighted by Gasteiger charge is -2.05. The van der Waals surface area contributed by atoms with Crippen LogP contribution < -0.4 is 4.87 Å². The molecule has 1 aromatic heterocycles. The van der Waals surface area contributed by atoms with Crippen LogP contribution in [0.4, 0.5) is 5.69 Å². The fraction of sp³-hybridized carbons (Fsp3) is 0.0500. The van der Waals surface area contributed by atoms with Crippen LogP contribution in [-0.2, 0) is 6.54 Å². The fourth-order valence-electron chi connectivity index (χ4n) is 2.92. The zero-order valence-electron chi connectivity index (χ0n) is 14.9. The van der Waals surface area contributed by atoms with Crippen LogP contribution in [0.25, 0.3) is 6.08 Å². The molecule has 4 rings (SSSR count). The minimum atomic E-state index is -0.454. The van der Waals surface area contributed by atoms with Gasteiger partial charge in [-0.05, 0) is 11.6 Å². The SMILES string of the molecule is O=c1sc(/C=C2\C=NN=C2c2cccc([N+](=O)[O-])c2)c(S)n1Cc1ccccc1. The first-order chi connectivity index (χ1) is 14.0. The summed E-state index contributed by atoms with van der Waals surface area (Å²) in [5.74, 6) is 0. The molecule has 0 saturated heterocycles. The van der Waals surface area contributed by atoms with Crippen LogP contribution >= 0.6 is 24.0 Å². The van der Waals surface area contributed by atoms with E-state index in [9.17, 15) is 14.9 Å². The number of non-ortho nitro benzene ring substituents is 1. The molecule has 1 aliphatic heterocycles. The van der Waals surface area contributed by atoms with E-state index in [0.717, 1.165) is 16.9 Å². The summed E-state index contributed by atoms with van der Waals surface area (Å²) >= 11 is 5.63. The molecule has 0 bridgehead atoms. The van der Waals surface area contributed by atoms with E-state index >= 15 is 0 Å². The Bertz CT molecular complexity index is 1240. The van der Waals surface area contributed by atoms with E-state index in [-0.39, 0.29) is 10.6 Å². The molecule has 0 unspecified atom stereocenters. The zero-order chi connectivity index (χ0) is 20.4. The minimum Gasteiger partial charge on any atom is -0.289 e. The molecule has 144 valence electrons. The molecule has 3 aromatic rings. The van der Waals surface area contributed by atoms with Crippen molar-refractivity contribution in [2.75, 3.05) is 0 Å². The molecule has 2 aromatic carbocycles. The number of nitro groups is 1. The highest BCUT2D eigenvalue weighted by Crippen LogP contribution is 2.25. The average molecular weight is 422 g/mol. The first-order valence-electron chi connectivity index (χ1n) is 8.57. The quantitative estimate of drug-likeness (QED) is 0.382. The predicted octanol–water partition coefficient (Wildman–Crippen LogP) is 4.03. The van der Waals surface area contributed by atoms with Crippen molar-refractivity contribution in [3.8, 4) is 0 Å². The smallest absolute Gasteiger partial charge is 0.289 e. The number of hydrogen-bond acceptors (Lipinski definition) is 7. The molecule has 1 aliphatic rings. The third-order valence-corrected chi connectivity index (χ3v) is 5.88. The lowest BCUT2D eigenvalue weighted by Crippen LogP contribution is -2.14. The summed E-state index contributed by atoms with van der Waals surface area (Å²) in [5, 5.41) is 19.6. The summed E-state index contributed by atoms with van der Waals surface area (Å²) in [6, 6.07) is 15.9. The molecule has 2 heterocycles. The van der Waals surface area contributed by atoms with Crippen molar-refractivity contribution in [3.63, 3.8) is 0 Å². The number of thiazole rings is 1. The van der Waals surface area contributed by atoms with Gasteiger partial charge in [0, 0.05) is 23.3 Å². The van der Waals surface area contributed by atoms with Crippen molar-refractivity contribution >= 4 is 47.7 Å². The van der Waals surface area contributed by atoms with Crippen molar-refractivity contribution in [1.29, 1.82) is 0 Å². The number of hydrogen-bond donors (Lipinski definition) is 1. The van der Waals surface area contributed by atoms with Gasteiger partial charge in [0.1, 0.15) is 5.71 Å². The number of nitro benzene ring substituents is 1. The molecule has 0 radical (unpaired) electrons. The first-order valence-corrected chi connectivity index (χ1v) is 9.84. The monoisotopic (exact) mass is 422 g/mol. The second-order valence-corrected chi connectivity index (χ2v) is 7.64. The summed E-state index contributed by atoms with van der Waals surface area (Å²) in [7, 11) is 0. The van der Waals surface area contributed by atoms with E-state index in [1.807, 2.05) is 30.3 Å². The Morgan fingerprint density at radius 2 is 1.97 bits per heavy atom. The third-order valence-electron chi connectivity index (χ3n) is 4.32. The van der Waals surface area contributed by atoms with Gasteiger partial charge in [0.2, 0.25) is 0 Å². The molecule has 0 spiro atoms. The van der Waals surface area contributed by atoms with E-state index in [4.69, 9.17) is 0 Å². The molecule has 0 atom stereocenters. The van der Waals surface area contributed by atoms with Crippen molar-refractivity contribution in [2.24, 2.45) is 10.2 Å². The van der Waals surface area contributed by atoms with E-state index in [1.54, 1.807) is 29.0 Å². The Morgan fingerprint density at radius 3 is 2.72 bits per heavy atom. The Labute approximate surface area is 174 Å². The maximum Gasteiger partial charge on any atom is 0.308 e. The molecule has 0 fully saturated rings. The molecular weight excluding hydrogens is 408 g/mol. The molecule has 0 aliphatic carbocycles. The summed E-state index contributed by atoms with van der Waals surface area (Å²) in [5.41, 5.74) is 2.73. The van der Waals surface area contributed by atoms with Gasteiger partial charge in [-0.15, -0.1) is 17.7 Å². The predicted molar refractivity (Wildman–Crippen MR) is 117 cm³/mol. The lowest BCUT2D eigenvalue weighted by atomic mass is 10.0. The van der Waals surface area contributed by atoms with Crippen LogP contribution in [0.3, 0.4) is 0 Å². The van der Waals surface area contributed by atoms with Crippen LogP contribution in [-0.4, -0.2) is 21.4 Å². The Hall–Kier alpha value is -3.30. The van der Waals surface area contributed by atoms with Crippen LogP contribution in [0.2, 0.25) is 0 Å². The summed E-state index contributed by atoms with van der Waals surface area (Å²) in [6.45, 7) is 0.429.